The third-order valence-corrected chi connectivity index (χ3v) is 3.65. The van der Waals surface area contributed by atoms with Crippen molar-refractivity contribution in [2.24, 2.45) is 5.92 Å². The van der Waals surface area contributed by atoms with Gasteiger partial charge in [-0.05, 0) is 24.8 Å². The number of carbonyl (C=O) groups excluding carboxylic acids is 1. The molecule has 0 aromatic heterocycles. The maximum atomic E-state index is 11.5. The predicted molar refractivity (Wildman–Crippen MR) is 79.9 cm³/mol. The SMILES string of the molecule is CCC(NCCNC(=O)C1CC1)c1cccc([N+](=O)[O-])c1. The lowest BCUT2D eigenvalue weighted by atomic mass is 10.0. The van der Waals surface area contributed by atoms with Crippen LogP contribution in [0.5, 0.6) is 0 Å². The summed E-state index contributed by atoms with van der Waals surface area (Å²) in [4.78, 5) is 21.9. The number of benzene rings is 1. The zero-order valence-corrected chi connectivity index (χ0v) is 12.2. The van der Waals surface area contributed by atoms with E-state index in [-0.39, 0.29) is 28.5 Å². The summed E-state index contributed by atoms with van der Waals surface area (Å²) in [5.74, 6) is 0.365. The quantitative estimate of drug-likeness (QED) is 0.437. The van der Waals surface area contributed by atoms with E-state index in [4.69, 9.17) is 0 Å². The summed E-state index contributed by atoms with van der Waals surface area (Å²) in [6, 6.07) is 6.74. The molecule has 0 heterocycles. The standard InChI is InChI=1S/C15H21N3O3/c1-2-14(12-4-3-5-13(10-12)18(20)21)16-8-9-17-15(19)11-6-7-11/h3-5,10-11,14,16H,2,6-9H2,1H3,(H,17,19). The fourth-order valence-electron chi connectivity index (χ4n) is 2.27. The molecule has 1 aliphatic carbocycles. The summed E-state index contributed by atoms with van der Waals surface area (Å²) in [7, 11) is 0. The number of nitro benzene ring substituents is 1. The number of hydrogen-bond acceptors (Lipinski definition) is 4. The Bertz CT molecular complexity index is 515. The van der Waals surface area contributed by atoms with Gasteiger partial charge < -0.3 is 10.6 Å². The van der Waals surface area contributed by atoms with Crippen LogP contribution >= 0.6 is 0 Å². The number of nitrogens with zero attached hydrogens (tertiary/aromatic N) is 1. The van der Waals surface area contributed by atoms with E-state index in [1.807, 2.05) is 13.0 Å². The van der Waals surface area contributed by atoms with Crippen LogP contribution in [0, 0.1) is 16.0 Å². The molecular weight excluding hydrogens is 270 g/mol. The van der Waals surface area contributed by atoms with E-state index in [1.54, 1.807) is 12.1 Å². The number of amides is 1. The van der Waals surface area contributed by atoms with Crippen LogP contribution in [-0.2, 0) is 4.79 Å². The highest BCUT2D eigenvalue weighted by Crippen LogP contribution is 2.28. The summed E-state index contributed by atoms with van der Waals surface area (Å²) in [6.07, 6.45) is 2.84. The Morgan fingerprint density at radius 1 is 1.43 bits per heavy atom. The zero-order valence-electron chi connectivity index (χ0n) is 12.2. The molecule has 0 spiro atoms. The highest BCUT2D eigenvalue weighted by Gasteiger charge is 2.29. The summed E-state index contributed by atoms with van der Waals surface area (Å²) in [5, 5.41) is 17.0. The molecule has 114 valence electrons. The molecule has 6 nitrogen and oxygen atoms in total. The molecule has 1 atom stereocenters. The van der Waals surface area contributed by atoms with Gasteiger partial charge in [0.25, 0.3) is 5.69 Å². The van der Waals surface area contributed by atoms with Gasteiger partial charge in [-0.15, -0.1) is 0 Å². The molecule has 2 N–H and O–H groups in total. The summed E-state index contributed by atoms with van der Waals surface area (Å²) >= 11 is 0. The molecule has 0 bridgehead atoms. The van der Waals surface area contributed by atoms with E-state index >= 15 is 0 Å². The third-order valence-electron chi connectivity index (χ3n) is 3.65. The monoisotopic (exact) mass is 291 g/mol. The molecule has 1 amide bonds. The fraction of sp³-hybridized carbons (Fsp3) is 0.533. The Kier molecular flexibility index (Phi) is 5.27. The Labute approximate surface area is 124 Å². The van der Waals surface area contributed by atoms with Crippen molar-refractivity contribution in [2.45, 2.75) is 32.2 Å². The van der Waals surface area contributed by atoms with Gasteiger partial charge in [0.15, 0.2) is 0 Å². The minimum atomic E-state index is -0.383. The van der Waals surface area contributed by atoms with Gasteiger partial charge in [-0.25, -0.2) is 0 Å². The first-order valence-corrected chi connectivity index (χ1v) is 7.37. The molecule has 0 saturated heterocycles. The van der Waals surface area contributed by atoms with Crippen LogP contribution in [0.4, 0.5) is 5.69 Å². The van der Waals surface area contributed by atoms with E-state index in [0.717, 1.165) is 24.8 Å². The molecular formula is C15H21N3O3. The average molecular weight is 291 g/mol. The number of nitro groups is 1. The largest absolute Gasteiger partial charge is 0.355 e. The number of hydrogen-bond donors (Lipinski definition) is 2. The van der Waals surface area contributed by atoms with Gasteiger partial charge in [0, 0.05) is 37.2 Å². The smallest absolute Gasteiger partial charge is 0.269 e. The molecule has 1 aromatic rings. The van der Waals surface area contributed by atoms with Gasteiger partial charge in [0.05, 0.1) is 4.92 Å². The van der Waals surface area contributed by atoms with Crippen LogP contribution < -0.4 is 10.6 Å². The van der Waals surface area contributed by atoms with Gasteiger partial charge in [-0.2, -0.15) is 0 Å². The van der Waals surface area contributed by atoms with E-state index in [2.05, 4.69) is 10.6 Å². The highest BCUT2D eigenvalue weighted by molar-refractivity contribution is 5.80. The number of non-ortho nitro benzene ring substituents is 1. The summed E-state index contributed by atoms with van der Waals surface area (Å²) in [5.41, 5.74) is 1.01. The first kappa shape index (κ1) is 15.4. The second kappa shape index (κ2) is 7.17. The zero-order chi connectivity index (χ0) is 15.2. The van der Waals surface area contributed by atoms with Crippen molar-refractivity contribution < 1.29 is 9.72 Å². The van der Waals surface area contributed by atoms with Crippen LogP contribution in [-0.4, -0.2) is 23.9 Å². The molecule has 2 rings (SSSR count). The van der Waals surface area contributed by atoms with Crippen molar-refractivity contribution in [3.63, 3.8) is 0 Å². The Morgan fingerprint density at radius 2 is 2.19 bits per heavy atom. The van der Waals surface area contributed by atoms with Gasteiger partial charge in [0.1, 0.15) is 0 Å². The van der Waals surface area contributed by atoms with Crippen molar-refractivity contribution >= 4 is 11.6 Å². The average Bonchev–Trinajstić information content (AvgIpc) is 3.32. The van der Waals surface area contributed by atoms with Crippen molar-refractivity contribution in [3.8, 4) is 0 Å². The molecule has 0 aliphatic heterocycles. The van der Waals surface area contributed by atoms with Crippen LogP contribution in [0.3, 0.4) is 0 Å². The highest BCUT2D eigenvalue weighted by atomic mass is 16.6. The van der Waals surface area contributed by atoms with Crippen LogP contribution in [0.25, 0.3) is 0 Å². The molecule has 0 radical (unpaired) electrons. The predicted octanol–water partition coefficient (Wildman–Crippen LogP) is 2.16. The third kappa shape index (κ3) is 4.53. The molecule has 1 saturated carbocycles. The van der Waals surface area contributed by atoms with E-state index < -0.39 is 0 Å². The second-order valence-electron chi connectivity index (χ2n) is 5.33. The van der Waals surface area contributed by atoms with Gasteiger partial charge in [0.2, 0.25) is 5.91 Å². The minimum Gasteiger partial charge on any atom is -0.355 e. The van der Waals surface area contributed by atoms with Gasteiger partial charge in [-0.3, -0.25) is 14.9 Å². The first-order chi connectivity index (χ1) is 10.1. The van der Waals surface area contributed by atoms with Gasteiger partial charge in [-0.1, -0.05) is 19.1 Å². The van der Waals surface area contributed by atoms with E-state index in [0.29, 0.717) is 13.1 Å². The number of carbonyl (C=O) groups is 1. The Hall–Kier alpha value is -1.95. The molecule has 1 aromatic carbocycles. The topological polar surface area (TPSA) is 84.3 Å². The lowest BCUT2D eigenvalue weighted by Gasteiger charge is -2.17. The minimum absolute atomic E-state index is 0.0581. The Balaban J connectivity index is 1.82. The molecule has 21 heavy (non-hydrogen) atoms. The fourth-order valence-corrected chi connectivity index (χ4v) is 2.27. The van der Waals surface area contributed by atoms with Crippen LogP contribution in [0.15, 0.2) is 24.3 Å². The van der Waals surface area contributed by atoms with Crippen LogP contribution in [0.2, 0.25) is 0 Å². The van der Waals surface area contributed by atoms with Crippen molar-refractivity contribution in [3.05, 3.63) is 39.9 Å². The normalized spacial score (nSPS) is 15.5. The second-order valence-corrected chi connectivity index (χ2v) is 5.33. The van der Waals surface area contributed by atoms with E-state index in [9.17, 15) is 14.9 Å². The molecule has 1 unspecified atom stereocenters. The van der Waals surface area contributed by atoms with Gasteiger partial charge >= 0.3 is 0 Å². The first-order valence-electron chi connectivity index (χ1n) is 7.37. The van der Waals surface area contributed by atoms with Crippen molar-refractivity contribution in [2.75, 3.05) is 13.1 Å². The summed E-state index contributed by atoms with van der Waals surface area (Å²) in [6.45, 7) is 3.26. The Morgan fingerprint density at radius 3 is 2.81 bits per heavy atom. The molecule has 1 aliphatic rings. The van der Waals surface area contributed by atoms with E-state index in [1.165, 1.54) is 6.07 Å². The maximum Gasteiger partial charge on any atom is 0.269 e. The van der Waals surface area contributed by atoms with Crippen molar-refractivity contribution in [1.82, 2.24) is 10.6 Å². The lowest BCUT2D eigenvalue weighted by molar-refractivity contribution is -0.384. The molecule has 1 fully saturated rings. The maximum absolute atomic E-state index is 11.5. The number of nitrogens with one attached hydrogen (secondary N) is 2. The lowest BCUT2D eigenvalue weighted by Crippen LogP contribution is -2.34. The van der Waals surface area contributed by atoms with Crippen LogP contribution in [0.1, 0.15) is 37.8 Å². The number of rotatable bonds is 8. The summed E-state index contributed by atoms with van der Waals surface area (Å²) < 4.78 is 0. The van der Waals surface area contributed by atoms with Crippen molar-refractivity contribution in [1.29, 1.82) is 0 Å². The molecule has 6 heteroatoms.